The Morgan fingerprint density at radius 2 is 1.85 bits per heavy atom. The quantitative estimate of drug-likeness (QED) is 0.560. The Balaban J connectivity index is 1.57. The first-order valence-electron chi connectivity index (χ1n) is 11.6. The lowest BCUT2D eigenvalue weighted by Crippen LogP contribution is -2.44. The highest BCUT2D eigenvalue weighted by molar-refractivity contribution is 5.42. The molecule has 6 atom stereocenters. The second-order valence-electron chi connectivity index (χ2n) is 9.96. The van der Waals surface area contributed by atoms with Gasteiger partial charge in [0.05, 0.1) is 6.10 Å². The van der Waals surface area contributed by atoms with Gasteiger partial charge in [-0.2, -0.15) is 0 Å². The third-order valence-electron chi connectivity index (χ3n) is 8.51. The van der Waals surface area contributed by atoms with E-state index in [1.165, 1.54) is 68.9 Å². The molecule has 0 saturated heterocycles. The maximum Gasteiger partial charge on any atom is 0.115 e. The van der Waals surface area contributed by atoms with E-state index < -0.39 is 0 Å². The van der Waals surface area contributed by atoms with E-state index in [1.54, 1.807) is 0 Å². The third-order valence-corrected chi connectivity index (χ3v) is 8.51. The number of aromatic hydroxyl groups is 1. The molecule has 2 nitrogen and oxygen atoms in total. The highest BCUT2D eigenvalue weighted by Gasteiger charge is 2.55. The highest BCUT2D eigenvalue weighted by atomic mass is 16.3. The summed E-state index contributed by atoms with van der Waals surface area (Å²) >= 11 is 0. The fourth-order valence-corrected chi connectivity index (χ4v) is 6.95. The molecular weight excluding hydrogens is 332 g/mol. The van der Waals surface area contributed by atoms with Crippen molar-refractivity contribution >= 4 is 0 Å². The van der Waals surface area contributed by atoms with E-state index in [-0.39, 0.29) is 11.5 Å². The number of hydrogen-bond donors (Lipinski definition) is 2. The zero-order valence-electron chi connectivity index (χ0n) is 17.3. The van der Waals surface area contributed by atoms with Crippen LogP contribution in [0.3, 0.4) is 0 Å². The van der Waals surface area contributed by atoms with E-state index in [9.17, 15) is 10.2 Å². The number of aliphatic hydroxyl groups is 1. The Morgan fingerprint density at radius 3 is 2.67 bits per heavy atom. The van der Waals surface area contributed by atoms with E-state index in [2.05, 4.69) is 26.0 Å². The molecular formula is C25H38O2. The van der Waals surface area contributed by atoms with Crippen LogP contribution in [0.25, 0.3) is 0 Å². The number of hydrogen-bond acceptors (Lipinski definition) is 2. The molecule has 150 valence electrons. The Kier molecular flexibility index (Phi) is 5.56. The van der Waals surface area contributed by atoms with Crippen LogP contribution < -0.4 is 0 Å². The van der Waals surface area contributed by atoms with Crippen molar-refractivity contribution in [2.45, 2.75) is 102 Å². The second-order valence-corrected chi connectivity index (χ2v) is 9.96. The van der Waals surface area contributed by atoms with Gasteiger partial charge in [0, 0.05) is 0 Å². The van der Waals surface area contributed by atoms with E-state index in [4.69, 9.17) is 0 Å². The lowest BCUT2D eigenvalue weighted by Gasteiger charge is -2.51. The van der Waals surface area contributed by atoms with Crippen LogP contribution in [0.4, 0.5) is 0 Å². The Bertz CT molecular complexity index is 654. The summed E-state index contributed by atoms with van der Waals surface area (Å²) in [6.07, 6.45) is 13.6. The predicted molar refractivity (Wildman–Crippen MR) is 111 cm³/mol. The van der Waals surface area contributed by atoms with Crippen LogP contribution in [0.15, 0.2) is 18.2 Å². The average molecular weight is 371 g/mol. The minimum absolute atomic E-state index is 0.0999. The molecule has 0 radical (unpaired) electrons. The lowest BCUT2D eigenvalue weighted by atomic mass is 9.53. The van der Waals surface area contributed by atoms with Crippen molar-refractivity contribution in [3.05, 3.63) is 29.3 Å². The minimum atomic E-state index is -0.0999. The van der Waals surface area contributed by atoms with Crippen molar-refractivity contribution in [1.29, 1.82) is 0 Å². The molecule has 1 aromatic rings. The number of phenolic OH excluding ortho intramolecular Hbond substituents is 1. The molecule has 0 spiro atoms. The summed E-state index contributed by atoms with van der Waals surface area (Å²) in [7, 11) is 0. The maximum atomic E-state index is 10.7. The van der Waals surface area contributed by atoms with Gasteiger partial charge < -0.3 is 10.2 Å². The smallest absolute Gasteiger partial charge is 0.115 e. The molecule has 3 aliphatic rings. The number of rotatable bonds is 6. The molecule has 0 unspecified atom stereocenters. The average Bonchev–Trinajstić information content (AvgIpc) is 2.96. The first-order chi connectivity index (χ1) is 13.0. The molecule has 2 fully saturated rings. The summed E-state index contributed by atoms with van der Waals surface area (Å²) in [5, 5.41) is 20.8. The van der Waals surface area contributed by atoms with Crippen molar-refractivity contribution in [1.82, 2.24) is 0 Å². The van der Waals surface area contributed by atoms with Gasteiger partial charge in [0.1, 0.15) is 5.75 Å². The third kappa shape index (κ3) is 3.43. The van der Waals surface area contributed by atoms with Gasteiger partial charge >= 0.3 is 0 Å². The zero-order chi connectivity index (χ0) is 19.0. The largest absolute Gasteiger partial charge is 0.508 e. The summed E-state index contributed by atoms with van der Waals surface area (Å²) in [4.78, 5) is 0. The van der Waals surface area contributed by atoms with Crippen LogP contribution in [-0.2, 0) is 0 Å². The first kappa shape index (κ1) is 19.3. The SMILES string of the molecule is CCCCCCC[C@H]1C[C@@H]2[C@H](CC[C@]3(C)[C@@H](O)CC[C@@H]23)c2ccc(O)cc21. The van der Waals surface area contributed by atoms with E-state index in [0.29, 0.717) is 23.5 Å². The van der Waals surface area contributed by atoms with Crippen molar-refractivity contribution in [3.8, 4) is 5.75 Å². The number of benzene rings is 1. The van der Waals surface area contributed by atoms with Crippen LogP contribution in [0.5, 0.6) is 5.75 Å². The van der Waals surface area contributed by atoms with Gasteiger partial charge in [-0.15, -0.1) is 0 Å². The fraction of sp³-hybridized carbons (Fsp3) is 0.760. The summed E-state index contributed by atoms with van der Waals surface area (Å²) in [5.41, 5.74) is 3.10. The van der Waals surface area contributed by atoms with Crippen LogP contribution in [0.1, 0.15) is 107 Å². The van der Waals surface area contributed by atoms with Gasteiger partial charge in [0.25, 0.3) is 0 Å². The Labute approximate surface area is 165 Å². The van der Waals surface area contributed by atoms with Crippen LogP contribution in [-0.4, -0.2) is 16.3 Å². The molecule has 2 heteroatoms. The van der Waals surface area contributed by atoms with Gasteiger partial charge in [-0.25, -0.2) is 0 Å². The van der Waals surface area contributed by atoms with Crippen molar-refractivity contribution < 1.29 is 10.2 Å². The summed E-state index contributed by atoms with van der Waals surface area (Å²) < 4.78 is 0. The van der Waals surface area contributed by atoms with Crippen LogP contribution >= 0.6 is 0 Å². The highest BCUT2D eigenvalue weighted by Crippen LogP contribution is 2.62. The number of fused-ring (bicyclic) bond motifs is 5. The van der Waals surface area contributed by atoms with Crippen molar-refractivity contribution in [2.24, 2.45) is 17.3 Å². The molecule has 0 amide bonds. The zero-order valence-corrected chi connectivity index (χ0v) is 17.3. The molecule has 27 heavy (non-hydrogen) atoms. The van der Waals surface area contributed by atoms with Gasteiger partial charge in [0.2, 0.25) is 0 Å². The fourth-order valence-electron chi connectivity index (χ4n) is 6.95. The molecule has 1 aromatic carbocycles. The number of aliphatic hydroxyl groups excluding tert-OH is 1. The van der Waals surface area contributed by atoms with E-state index in [0.717, 1.165) is 18.8 Å². The molecule has 0 aliphatic heterocycles. The van der Waals surface area contributed by atoms with Gasteiger partial charge in [-0.05, 0) is 90.9 Å². The summed E-state index contributed by atoms with van der Waals surface area (Å²) in [6.45, 7) is 4.63. The predicted octanol–water partition coefficient (Wildman–Crippen LogP) is 6.51. The lowest BCUT2D eigenvalue weighted by molar-refractivity contribution is -0.0252. The van der Waals surface area contributed by atoms with Crippen LogP contribution in [0, 0.1) is 17.3 Å². The van der Waals surface area contributed by atoms with Gasteiger partial charge in [-0.3, -0.25) is 0 Å². The first-order valence-corrected chi connectivity index (χ1v) is 11.6. The van der Waals surface area contributed by atoms with E-state index in [1.807, 2.05) is 6.07 Å². The molecule has 3 aliphatic carbocycles. The van der Waals surface area contributed by atoms with Gasteiger partial charge in [0.15, 0.2) is 0 Å². The number of unbranched alkanes of at least 4 members (excludes halogenated alkanes) is 4. The Hall–Kier alpha value is -1.02. The normalized spacial score (nSPS) is 37.5. The molecule has 2 saturated carbocycles. The molecule has 4 rings (SSSR count). The summed E-state index contributed by atoms with van der Waals surface area (Å²) in [6, 6.07) is 6.19. The maximum absolute atomic E-state index is 10.7. The van der Waals surface area contributed by atoms with Crippen molar-refractivity contribution in [3.63, 3.8) is 0 Å². The van der Waals surface area contributed by atoms with Crippen LogP contribution in [0.2, 0.25) is 0 Å². The molecule has 0 heterocycles. The van der Waals surface area contributed by atoms with E-state index >= 15 is 0 Å². The van der Waals surface area contributed by atoms with Gasteiger partial charge in [-0.1, -0.05) is 52.0 Å². The number of phenols is 1. The Morgan fingerprint density at radius 1 is 1.04 bits per heavy atom. The summed E-state index contributed by atoms with van der Waals surface area (Å²) in [5.74, 6) is 3.06. The molecule has 0 aromatic heterocycles. The van der Waals surface area contributed by atoms with Crippen molar-refractivity contribution in [2.75, 3.05) is 0 Å². The molecule has 0 bridgehead atoms. The standard InChI is InChI=1S/C25H38O2/c1-3-4-5-6-7-8-17-15-22-20(19-10-9-18(26)16-21(17)19)13-14-25(2)23(22)11-12-24(25)27/h9-10,16-17,20,22-24,26-27H,3-8,11-15H2,1-2H3/t17-,20+,22+,23-,24-,25-/m0/s1. The monoisotopic (exact) mass is 370 g/mol. The minimum Gasteiger partial charge on any atom is -0.508 e. The second kappa shape index (κ2) is 7.78. The molecule has 2 N–H and O–H groups in total. The topological polar surface area (TPSA) is 40.5 Å².